The highest BCUT2D eigenvalue weighted by atomic mass is 127. The van der Waals surface area contributed by atoms with Gasteiger partial charge in [-0.25, -0.2) is 4.99 Å². The number of hydrogen-bond donors (Lipinski definition) is 2. The summed E-state index contributed by atoms with van der Waals surface area (Å²) in [6.07, 6.45) is 0. The van der Waals surface area contributed by atoms with Crippen molar-refractivity contribution < 1.29 is 14.3 Å². The van der Waals surface area contributed by atoms with Gasteiger partial charge in [0.1, 0.15) is 11.4 Å². The minimum atomic E-state index is -0.265. The molecule has 6 nitrogen and oxygen atoms in total. The van der Waals surface area contributed by atoms with Gasteiger partial charge >= 0.3 is 5.97 Å². The van der Waals surface area contributed by atoms with Crippen LogP contribution in [0.25, 0.3) is 0 Å². The summed E-state index contributed by atoms with van der Waals surface area (Å²) in [5.41, 5.74) is 0.744. The second kappa shape index (κ2) is 12.0. The minimum absolute atomic E-state index is 0. The van der Waals surface area contributed by atoms with Gasteiger partial charge in [-0.05, 0) is 33.8 Å². The van der Waals surface area contributed by atoms with Crippen LogP contribution in [0.5, 0.6) is 5.75 Å². The normalized spacial score (nSPS) is 12.6. The predicted octanol–water partition coefficient (Wildman–Crippen LogP) is 3.35. The first-order valence-electron chi connectivity index (χ1n) is 8.63. The van der Waals surface area contributed by atoms with Gasteiger partial charge in [0.15, 0.2) is 5.96 Å². The Hall–Kier alpha value is -1.51. The van der Waals surface area contributed by atoms with Crippen molar-refractivity contribution in [3.05, 3.63) is 29.8 Å². The van der Waals surface area contributed by atoms with Crippen molar-refractivity contribution in [2.45, 2.75) is 46.8 Å². The van der Waals surface area contributed by atoms with E-state index < -0.39 is 0 Å². The lowest BCUT2D eigenvalue weighted by molar-refractivity contribution is -0.144. The minimum Gasteiger partial charge on any atom is -0.488 e. The van der Waals surface area contributed by atoms with Gasteiger partial charge in [0, 0.05) is 18.7 Å². The molecule has 26 heavy (non-hydrogen) atoms. The Morgan fingerprint density at radius 3 is 2.46 bits per heavy atom. The van der Waals surface area contributed by atoms with Crippen LogP contribution in [0, 0.1) is 5.92 Å². The number of hydrogen-bond acceptors (Lipinski definition) is 4. The maximum Gasteiger partial charge on any atom is 0.310 e. The van der Waals surface area contributed by atoms with Crippen LogP contribution >= 0.6 is 24.0 Å². The van der Waals surface area contributed by atoms with Crippen molar-refractivity contribution in [3.8, 4) is 5.75 Å². The molecule has 1 aromatic carbocycles. The zero-order valence-electron chi connectivity index (χ0n) is 16.6. The SMILES string of the molecule is CCNC(=NCc1ccccc1OC(C)(C)C)NCC(C)C(=O)OC.I. The van der Waals surface area contributed by atoms with Crippen LogP contribution in [-0.2, 0) is 16.1 Å². The van der Waals surface area contributed by atoms with Gasteiger partial charge in [-0.2, -0.15) is 0 Å². The third-order valence-corrected chi connectivity index (χ3v) is 3.32. The molecule has 148 valence electrons. The molecule has 7 heteroatoms. The molecule has 0 aliphatic rings. The Labute approximate surface area is 174 Å². The fraction of sp³-hybridized carbons (Fsp3) is 0.579. The Balaban J connectivity index is 0.00000625. The summed E-state index contributed by atoms with van der Waals surface area (Å²) in [7, 11) is 1.39. The summed E-state index contributed by atoms with van der Waals surface area (Å²) in [6, 6.07) is 7.89. The number of carbonyl (C=O) groups excluding carboxylic acids is 1. The number of nitrogens with zero attached hydrogens (tertiary/aromatic N) is 1. The standard InChI is InChI=1S/C19H31N3O3.HI/c1-7-20-18(21-12-14(2)17(23)24-6)22-13-15-10-8-9-11-16(15)25-19(3,4)5;/h8-11,14H,7,12-13H2,1-6H3,(H2,20,21,22);1H. The molecule has 0 fully saturated rings. The zero-order chi connectivity index (χ0) is 18.9. The van der Waals surface area contributed by atoms with E-state index in [1.165, 1.54) is 7.11 Å². The lowest BCUT2D eigenvalue weighted by atomic mass is 10.1. The second-order valence-electron chi connectivity index (χ2n) is 6.82. The second-order valence-corrected chi connectivity index (χ2v) is 6.82. The number of para-hydroxylation sites is 1. The number of benzene rings is 1. The molecule has 0 radical (unpaired) electrons. The number of ether oxygens (including phenoxy) is 2. The molecule has 0 spiro atoms. The first-order chi connectivity index (χ1) is 11.8. The third-order valence-electron chi connectivity index (χ3n) is 3.32. The van der Waals surface area contributed by atoms with Crippen LogP contribution < -0.4 is 15.4 Å². The van der Waals surface area contributed by atoms with Gasteiger partial charge in [-0.1, -0.05) is 25.1 Å². The first kappa shape index (κ1) is 24.5. The number of guanidine groups is 1. The molecule has 0 aliphatic carbocycles. The predicted molar refractivity (Wildman–Crippen MR) is 116 cm³/mol. The largest absolute Gasteiger partial charge is 0.488 e. The summed E-state index contributed by atoms with van der Waals surface area (Å²) >= 11 is 0. The van der Waals surface area contributed by atoms with E-state index in [2.05, 4.69) is 15.6 Å². The summed E-state index contributed by atoms with van der Waals surface area (Å²) < 4.78 is 10.7. The van der Waals surface area contributed by atoms with Gasteiger partial charge in [0.25, 0.3) is 0 Å². The van der Waals surface area contributed by atoms with Gasteiger partial charge in [-0.3, -0.25) is 4.79 Å². The van der Waals surface area contributed by atoms with Crippen molar-refractivity contribution >= 4 is 35.9 Å². The van der Waals surface area contributed by atoms with Gasteiger partial charge in [0.2, 0.25) is 0 Å². The maximum absolute atomic E-state index is 11.5. The molecule has 0 saturated carbocycles. The van der Waals surface area contributed by atoms with Crippen molar-refractivity contribution in [3.63, 3.8) is 0 Å². The average molecular weight is 477 g/mol. The van der Waals surface area contributed by atoms with Crippen molar-refractivity contribution in [1.29, 1.82) is 0 Å². The third kappa shape index (κ3) is 9.26. The number of nitrogens with one attached hydrogen (secondary N) is 2. The quantitative estimate of drug-likeness (QED) is 0.273. The van der Waals surface area contributed by atoms with Crippen LogP contribution in [-0.4, -0.2) is 37.7 Å². The van der Waals surface area contributed by atoms with Crippen molar-refractivity contribution in [2.75, 3.05) is 20.2 Å². The molecule has 0 aliphatic heterocycles. The van der Waals surface area contributed by atoms with Crippen molar-refractivity contribution in [2.24, 2.45) is 10.9 Å². The highest BCUT2D eigenvalue weighted by Crippen LogP contribution is 2.23. The summed E-state index contributed by atoms with van der Waals surface area (Å²) in [5.74, 6) is 0.999. The fourth-order valence-electron chi connectivity index (χ4n) is 2.10. The van der Waals surface area contributed by atoms with Gasteiger partial charge < -0.3 is 20.1 Å². The monoisotopic (exact) mass is 477 g/mol. The summed E-state index contributed by atoms with van der Waals surface area (Å²) in [4.78, 5) is 16.1. The van der Waals surface area contributed by atoms with E-state index in [-0.39, 0.29) is 41.5 Å². The summed E-state index contributed by atoms with van der Waals surface area (Å²) in [5, 5.41) is 6.35. The first-order valence-corrected chi connectivity index (χ1v) is 8.63. The Morgan fingerprint density at radius 1 is 1.23 bits per heavy atom. The Kier molecular flexibility index (Phi) is 11.3. The molecule has 2 N–H and O–H groups in total. The lowest BCUT2D eigenvalue weighted by Gasteiger charge is -2.23. The smallest absolute Gasteiger partial charge is 0.310 e. The molecule has 0 bridgehead atoms. The van der Waals surface area contributed by atoms with Crippen LogP contribution in [0.1, 0.15) is 40.2 Å². The van der Waals surface area contributed by atoms with Gasteiger partial charge in [0.05, 0.1) is 19.6 Å². The van der Waals surface area contributed by atoms with Crippen molar-refractivity contribution in [1.82, 2.24) is 10.6 Å². The molecular weight excluding hydrogens is 445 g/mol. The molecule has 1 aromatic rings. The molecule has 0 saturated heterocycles. The number of rotatable bonds is 7. The Bertz CT molecular complexity index is 586. The van der Waals surface area contributed by atoms with E-state index in [4.69, 9.17) is 9.47 Å². The van der Waals surface area contributed by atoms with Crippen LogP contribution in [0.2, 0.25) is 0 Å². The molecule has 0 aromatic heterocycles. The summed E-state index contributed by atoms with van der Waals surface area (Å²) in [6.45, 7) is 11.5. The van der Waals surface area contributed by atoms with E-state index in [0.717, 1.165) is 17.9 Å². The zero-order valence-corrected chi connectivity index (χ0v) is 18.9. The van der Waals surface area contributed by atoms with Gasteiger partial charge in [-0.15, -0.1) is 24.0 Å². The number of carbonyl (C=O) groups is 1. The molecule has 0 amide bonds. The van der Waals surface area contributed by atoms with Crippen LogP contribution in [0.3, 0.4) is 0 Å². The number of aliphatic imine (C=N–C) groups is 1. The highest BCUT2D eigenvalue weighted by molar-refractivity contribution is 14.0. The number of methoxy groups -OCH3 is 1. The van der Waals surface area contributed by atoms with Crippen LogP contribution in [0.4, 0.5) is 0 Å². The van der Waals surface area contributed by atoms with E-state index in [1.807, 2.05) is 58.9 Å². The Morgan fingerprint density at radius 2 is 1.88 bits per heavy atom. The average Bonchev–Trinajstić information content (AvgIpc) is 2.56. The molecule has 1 atom stereocenters. The molecule has 1 unspecified atom stereocenters. The van der Waals surface area contributed by atoms with E-state index in [0.29, 0.717) is 19.0 Å². The maximum atomic E-state index is 11.5. The highest BCUT2D eigenvalue weighted by Gasteiger charge is 2.15. The molecule has 0 heterocycles. The van der Waals surface area contributed by atoms with Crippen LogP contribution in [0.15, 0.2) is 29.3 Å². The molecule has 1 rings (SSSR count). The van der Waals surface area contributed by atoms with E-state index in [9.17, 15) is 4.79 Å². The fourth-order valence-corrected chi connectivity index (χ4v) is 2.10. The number of halogens is 1. The molecular formula is C19H32IN3O3. The topological polar surface area (TPSA) is 72.0 Å². The van der Waals surface area contributed by atoms with E-state index >= 15 is 0 Å². The lowest BCUT2D eigenvalue weighted by Crippen LogP contribution is -2.40. The number of esters is 1. The van der Waals surface area contributed by atoms with E-state index in [1.54, 1.807) is 0 Å².